The Morgan fingerprint density at radius 2 is 1.75 bits per heavy atom. The number of amides is 1. The molecule has 1 amide bonds. The van der Waals surface area contributed by atoms with Crippen molar-refractivity contribution in [3.63, 3.8) is 0 Å². The van der Waals surface area contributed by atoms with Gasteiger partial charge in [0, 0.05) is 36.4 Å². The van der Waals surface area contributed by atoms with Crippen molar-refractivity contribution in [3.8, 4) is 0 Å². The van der Waals surface area contributed by atoms with Gasteiger partial charge in [-0.2, -0.15) is 0 Å². The molecule has 3 heterocycles. The Balaban J connectivity index is 1.75. The lowest BCUT2D eigenvalue weighted by molar-refractivity contribution is -0.118. The molecule has 0 saturated heterocycles. The van der Waals surface area contributed by atoms with Crippen molar-refractivity contribution < 1.29 is 4.79 Å². The number of fused-ring (bicyclic) bond motifs is 2. The first-order valence-corrected chi connectivity index (χ1v) is 9.79. The van der Waals surface area contributed by atoms with E-state index in [1.54, 1.807) is 11.0 Å². The highest BCUT2D eigenvalue weighted by Gasteiger charge is 2.27. The third kappa shape index (κ3) is 3.50. The normalized spacial score (nSPS) is 14.1. The number of halogens is 2. The van der Waals surface area contributed by atoms with Crippen LogP contribution >= 0.6 is 23.2 Å². The van der Waals surface area contributed by atoms with Crippen LogP contribution in [0.15, 0.2) is 30.3 Å². The number of rotatable bonds is 2. The SMILES string of the molecule is Cc1cc(Cl)c(CC(=O)N2CCCN(C)c3nc4ccccc4nc32)c(Cl)n1. The molecule has 0 unspecified atom stereocenters. The summed E-state index contributed by atoms with van der Waals surface area (Å²) in [6.45, 7) is 3.15. The topological polar surface area (TPSA) is 62.2 Å². The molecule has 0 spiro atoms. The summed E-state index contributed by atoms with van der Waals surface area (Å²) in [6, 6.07) is 9.37. The fourth-order valence-electron chi connectivity index (χ4n) is 3.37. The minimum atomic E-state index is -0.129. The third-order valence-electron chi connectivity index (χ3n) is 4.80. The summed E-state index contributed by atoms with van der Waals surface area (Å²) in [7, 11) is 1.97. The van der Waals surface area contributed by atoms with Crippen LogP contribution in [-0.4, -0.2) is 41.0 Å². The average Bonchev–Trinajstić information content (AvgIpc) is 2.82. The third-order valence-corrected chi connectivity index (χ3v) is 5.45. The van der Waals surface area contributed by atoms with Crippen LogP contribution in [0.2, 0.25) is 10.2 Å². The van der Waals surface area contributed by atoms with Crippen LogP contribution in [0.1, 0.15) is 17.7 Å². The number of carbonyl (C=O) groups excluding carboxylic acids is 1. The van der Waals surface area contributed by atoms with Crippen LogP contribution in [0.25, 0.3) is 11.0 Å². The number of pyridine rings is 1. The van der Waals surface area contributed by atoms with Gasteiger partial charge in [-0.1, -0.05) is 35.3 Å². The Bertz CT molecular complexity index is 1050. The molecular formula is C20H19Cl2N5O. The van der Waals surface area contributed by atoms with Crippen molar-refractivity contribution in [2.45, 2.75) is 19.8 Å². The monoisotopic (exact) mass is 415 g/mol. The number of anilines is 2. The summed E-state index contributed by atoms with van der Waals surface area (Å²) < 4.78 is 0. The predicted octanol–water partition coefficient (Wildman–Crippen LogP) is 4.06. The molecule has 2 aromatic heterocycles. The van der Waals surface area contributed by atoms with E-state index in [-0.39, 0.29) is 17.5 Å². The Kier molecular flexibility index (Phi) is 5.08. The van der Waals surface area contributed by atoms with Gasteiger partial charge in [-0.25, -0.2) is 15.0 Å². The van der Waals surface area contributed by atoms with Crippen molar-refractivity contribution in [1.29, 1.82) is 0 Å². The zero-order valence-electron chi connectivity index (χ0n) is 15.6. The minimum absolute atomic E-state index is 0.0581. The highest BCUT2D eigenvalue weighted by molar-refractivity contribution is 6.35. The highest BCUT2D eigenvalue weighted by Crippen LogP contribution is 2.32. The van der Waals surface area contributed by atoms with Gasteiger partial charge in [0.25, 0.3) is 0 Å². The van der Waals surface area contributed by atoms with Gasteiger partial charge in [0.1, 0.15) is 5.15 Å². The number of benzene rings is 1. The lowest BCUT2D eigenvalue weighted by Gasteiger charge is -2.23. The lowest BCUT2D eigenvalue weighted by Crippen LogP contribution is -2.34. The number of aryl methyl sites for hydroxylation is 1. The van der Waals surface area contributed by atoms with Crippen molar-refractivity contribution in [2.75, 3.05) is 29.9 Å². The lowest BCUT2D eigenvalue weighted by atomic mass is 10.1. The van der Waals surface area contributed by atoms with Gasteiger partial charge in [0.05, 0.1) is 17.5 Å². The average molecular weight is 416 g/mol. The first-order valence-electron chi connectivity index (χ1n) is 9.04. The van der Waals surface area contributed by atoms with Gasteiger partial charge >= 0.3 is 0 Å². The Morgan fingerprint density at radius 3 is 2.43 bits per heavy atom. The largest absolute Gasteiger partial charge is 0.357 e. The van der Waals surface area contributed by atoms with Crippen LogP contribution in [-0.2, 0) is 11.2 Å². The minimum Gasteiger partial charge on any atom is -0.357 e. The Hall–Kier alpha value is -2.44. The summed E-state index contributed by atoms with van der Waals surface area (Å²) in [5.74, 6) is 1.13. The molecule has 3 aromatic rings. The van der Waals surface area contributed by atoms with E-state index in [9.17, 15) is 4.79 Å². The first kappa shape index (κ1) is 18.9. The number of aromatic nitrogens is 3. The van der Waals surface area contributed by atoms with Crippen molar-refractivity contribution in [3.05, 3.63) is 51.8 Å². The van der Waals surface area contributed by atoms with Gasteiger partial charge in [-0.05, 0) is 31.5 Å². The van der Waals surface area contributed by atoms with Gasteiger partial charge < -0.3 is 4.90 Å². The molecule has 0 aliphatic carbocycles. The highest BCUT2D eigenvalue weighted by atomic mass is 35.5. The molecule has 0 bridgehead atoms. The van der Waals surface area contributed by atoms with Crippen molar-refractivity contribution in [1.82, 2.24) is 15.0 Å². The van der Waals surface area contributed by atoms with Crippen LogP contribution in [0.3, 0.4) is 0 Å². The molecule has 28 heavy (non-hydrogen) atoms. The molecule has 0 N–H and O–H groups in total. The number of hydrogen-bond donors (Lipinski definition) is 0. The second-order valence-corrected chi connectivity index (χ2v) is 7.64. The standard InChI is InChI=1S/C20H19Cl2N5O/c1-12-10-14(21)13(18(22)23-12)11-17(28)27-9-5-8-26(2)19-20(27)25-16-7-4-3-6-15(16)24-19/h3-4,6-7,10H,5,8-9,11H2,1-2H3. The molecule has 8 heteroatoms. The summed E-state index contributed by atoms with van der Waals surface area (Å²) in [6.07, 6.45) is 0.868. The molecule has 0 radical (unpaired) electrons. The van der Waals surface area contributed by atoms with Gasteiger partial charge in [-0.15, -0.1) is 0 Å². The maximum atomic E-state index is 13.2. The maximum Gasteiger partial charge on any atom is 0.232 e. The van der Waals surface area contributed by atoms with Crippen molar-refractivity contribution in [2.24, 2.45) is 0 Å². The van der Waals surface area contributed by atoms with Crippen molar-refractivity contribution >= 4 is 51.8 Å². The molecule has 0 fully saturated rings. The zero-order valence-corrected chi connectivity index (χ0v) is 17.1. The fourth-order valence-corrected chi connectivity index (χ4v) is 4.03. The zero-order chi connectivity index (χ0) is 19.8. The molecule has 1 aromatic carbocycles. The molecule has 1 aliphatic heterocycles. The quantitative estimate of drug-likeness (QED) is 0.590. The van der Waals surface area contributed by atoms with Crippen LogP contribution in [0.4, 0.5) is 11.6 Å². The second-order valence-electron chi connectivity index (χ2n) is 6.87. The van der Waals surface area contributed by atoms with Gasteiger partial charge in [0.15, 0.2) is 11.6 Å². The Morgan fingerprint density at radius 1 is 1.07 bits per heavy atom. The number of para-hydroxylation sites is 2. The number of carbonyl (C=O) groups is 1. The molecule has 6 nitrogen and oxygen atoms in total. The van der Waals surface area contributed by atoms with E-state index in [4.69, 9.17) is 33.2 Å². The van der Waals surface area contributed by atoms with E-state index >= 15 is 0 Å². The van der Waals surface area contributed by atoms with E-state index in [0.29, 0.717) is 34.5 Å². The summed E-state index contributed by atoms with van der Waals surface area (Å²) in [4.78, 5) is 30.7. The summed E-state index contributed by atoms with van der Waals surface area (Å²) in [5.41, 5.74) is 2.80. The van der Waals surface area contributed by atoms with E-state index in [1.165, 1.54) is 0 Å². The van der Waals surface area contributed by atoms with Crippen LogP contribution < -0.4 is 9.80 Å². The van der Waals surface area contributed by atoms with E-state index < -0.39 is 0 Å². The predicted molar refractivity (Wildman–Crippen MR) is 112 cm³/mol. The summed E-state index contributed by atoms with van der Waals surface area (Å²) in [5, 5.41) is 0.706. The molecule has 0 saturated carbocycles. The summed E-state index contributed by atoms with van der Waals surface area (Å²) >= 11 is 12.6. The number of nitrogens with zero attached hydrogens (tertiary/aromatic N) is 5. The first-order chi connectivity index (χ1) is 13.4. The maximum absolute atomic E-state index is 13.2. The van der Waals surface area contributed by atoms with Gasteiger partial charge in [0.2, 0.25) is 5.91 Å². The van der Waals surface area contributed by atoms with Gasteiger partial charge in [-0.3, -0.25) is 9.69 Å². The molecular weight excluding hydrogens is 397 g/mol. The number of hydrogen-bond acceptors (Lipinski definition) is 5. The molecule has 0 atom stereocenters. The van der Waals surface area contributed by atoms with Crippen LogP contribution in [0, 0.1) is 6.92 Å². The van der Waals surface area contributed by atoms with E-state index in [0.717, 1.165) is 24.0 Å². The second kappa shape index (κ2) is 7.53. The van der Waals surface area contributed by atoms with E-state index in [1.807, 2.05) is 43.1 Å². The molecule has 4 rings (SSSR count). The van der Waals surface area contributed by atoms with E-state index in [2.05, 4.69) is 4.98 Å². The molecule has 1 aliphatic rings. The Labute approximate surface area is 173 Å². The smallest absolute Gasteiger partial charge is 0.232 e. The van der Waals surface area contributed by atoms with Crippen LogP contribution in [0.5, 0.6) is 0 Å². The molecule has 144 valence electrons. The fraction of sp³-hybridized carbons (Fsp3) is 0.300.